The van der Waals surface area contributed by atoms with Gasteiger partial charge in [-0.15, -0.1) is 0 Å². The zero-order valence-corrected chi connectivity index (χ0v) is 9.00. The normalized spacial score (nSPS) is 21.6. The first kappa shape index (κ1) is 10.1. The number of hydrogen-bond acceptors (Lipinski definition) is 4. The maximum Gasteiger partial charge on any atom is 0.105 e. The van der Waals surface area contributed by atoms with Crippen LogP contribution < -0.4 is 5.73 Å². The Morgan fingerprint density at radius 2 is 2.43 bits per heavy atom. The third-order valence-electron chi connectivity index (χ3n) is 2.30. The van der Waals surface area contributed by atoms with Gasteiger partial charge in [0.2, 0.25) is 0 Å². The van der Waals surface area contributed by atoms with Crippen LogP contribution in [0.2, 0.25) is 0 Å². The van der Waals surface area contributed by atoms with Gasteiger partial charge >= 0.3 is 0 Å². The second-order valence-electron chi connectivity index (χ2n) is 3.63. The van der Waals surface area contributed by atoms with Crippen LogP contribution in [0.1, 0.15) is 18.6 Å². The molecule has 2 unspecified atom stereocenters. The first-order valence-corrected chi connectivity index (χ1v) is 5.72. The highest BCUT2D eigenvalue weighted by molar-refractivity contribution is 7.07. The molecule has 2 N–H and O–H groups in total. The van der Waals surface area contributed by atoms with Crippen LogP contribution in [0.15, 0.2) is 16.8 Å². The summed E-state index contributed by atoms with van der Waals surface area (Å²) in [5.41, 5.74) is 7.07. The van der Waals surface area contributed by atoms with E-state index in [1.807, 2.05) is 12.3 Å². The highest BCUT2D eigenvalue weighted by Gasteiger charge is 2.26. The van der Waals surface area contributed by atoms with Crippen LogP contribution in [0.5, 0.6) is 0 Å². The molecule has 1 aromatic heterocycles. The van der Waals surface area contributed by atoms with E-state index >= 15 is 0 Å². The van der Waals surface area contributed by atoms with Crippen LogP contribution in [0, 0.1) is 0 Å². The fourth-order valence-corrected chi connectivity index (χ4v) is 2.13. The minimum Gasteiger partial charge on any atom is -0.376 e. The number of ether oxygens (including phenoxy) is 2. The zero-order chi connectivity index (χ0) is 9.97. The van der Waals surface area contributed by atoms with Gasteiger partial charge in [-0.2, -0.15) is 11.3 Å². The Morgan fingerprint density at radius 1 is 1.64 bits per heavy atom. The van der Waals surface area contributed by atoms with Gasteiger partial charge < -0.3 is 15.2 Å². The molecule has 0 aliphatic carbocycles. The van der Waals surface area contributed by atoms with Gasteiger partial charge in [0.15, 0.2) is 0 Å². The second kappa shape index (κ2) is 4.40. The summed E-state index contributed by atoms with van der Waals surface area (Å²) in [6, 6.07) is 2.09. The van der Waals surface area contributed by atoms with E-state index in [0.717, 1.165) is 0 Å². The largest absolute Gasteiger partial charge is 0.376 e. The Labute approximate surface area is 87.8 Å². The van der Waals surface area contributed by atoms with Crippen molar-refractivity contribution in [1.82, 2.24) is 0 Å². The average molecular weight is 213 g/mol. The van der Waals surface area contributed by atoms with Crippen LogP contribution >= 0.6 is 11.3 Å². The van der Waals surface area contributed by atoms with E-state index < -0.39 is 0 Å². The van der Waals surface area contributed by atoms with Crippen LogP contribution in [-0.4, -0.2) is 25.4 Å². The van der Waals surface area contributed by atoms with Gasteiger partial charge in [0.1, 0.15) is 6.10 Å². The van der Waals surface area contributed by atoms with E-state index in [4.69, 9.17) is 15.2 Å². The minimum absolute atomic E-state index is 0.00940. The molecule has 2 atom stereocenters. The third-order valence-corrected chi connectivity index (χ3v) is 3.00. The van der Waals surface area contributed by atoms with E-state index in [2.05, 4.69) is 11.4 Å². The molecule has 0 aromatic carbocycles. The lowest BCUT2D eigenvalue weighted by atomic mass is 10.1. The summed E-state index contributed by atoms with van der Waals surface area (Å²) >= 11 is 1.67. The van der Waals surface area contributed by atoms with E-state index in [1.54, 1.807) is 11.3 Å². The highest BCUT2D eigenvalue weighted by atomic mass is 32.1. The summed E-state index contributed by atoms with van der Waals surface area (Å²) in [5, 5.41) is 4.14. The fraction of sp³-hybridized carbons (Fsp3) is 0.600. The first-order chi connectivity index (χ1) is 6.77. The zero-order valence-electron chi connectivity index (χ0n) is 8.18. The predicted molar refractivity (Wildman–Crippen MR) is 56.4 cm³/mol. The summed E-state index contributed by atoms with van der Waals surface area (Å²) < 4.78 is 10.9. The van der Waals surface area contributed by atoms with Crippen molar-refractivity contribution in [2.24, 2.45) is 5.73 Å². The van der Waals surface area contributed by atoms with Gasteiger partial charge in [0, 0.05) is 6.04 Å². The van der Waals surface area contributed by atoms with Crippen molar-refractivity contribution < 1.29 is 9.47 Å². The summed E-state index contributed by atoms with van der Waals surface area (Å²) in [6.45, 7) is 3.38. The molecular weight excluding hydrogens is 198 g/mol. The van der Waals surface area contributed by atoms with Crippen molar-refractivity contribution in [3.8, 4) is 0 Å². The molecule has 3 nitrogen and oxygen atoms in total. The van der Waals surface area contributed by atoms with Crippen LogP contribution in [0.25, 0.3) is 0 Å². The Balaban J connectivity index is 2.00. The molecule has 0 spiro atoms. The molecule has 0 saturated carbocycles. The first-order valence-electron chi connectivity index (χ1n) is 4.78. The molecule has 1 aliphatic heterocycles. The van der Waals surface area contributed by atoms with Crippen molar-refractivity contribution in [1.29, 1.82) is 0 Å². The van der Waals surface area contributed by atoms with Crippen LogP contribution in [0.3, 0.4) is 0 Å². The minimum atomic E-state index is 0.00940. The molecule has 2 rings (SSSR count). The second-order valence-corrected chi connectivity index (χ2v) is 4.41. The van der Waals surface area contributed by atoms with Crippen LogP contribution in [0.4, 0.5) is 0 Å². The molecule has 1 saturated heterocycles. The van der Waals surface area contributed by atoms with Crippen molar-refractivity contribution in [2.45, 2.75) is 25.2 Å². The molecule has 0 radical (unpaired) electrons. The Kier molecular flexibility index (Phi) is 3.18. The van der Waals surface area contributed by atoms with Gasteiger partial charge in [0.25, 0.3) is 0 Å². The summed E-state index contributed by atoms with van der Waals surface area (Å²) in [4.78, 5) is 0. The van der Waals surface area contributed by atoms with Crippen molar-refractivity contribution in [2.75, 3.05) is 13.2 Å². The Bertz CT molecular complexity index is 270. The molecule has 1 aliphatic rings. The quantitative estimate of drug-likeness (QED) is 0.825. The number of hydrogen-bond donors (Lipinski definition) is 1. The van der Waals surface area contributed by atoms with Crippen molar-refractivity contribution in [3.05, 3.63) is 22.4 Å². The Hall–Kier alpha value is -0.420. The van der Waals surface area contributed by atoms with Gasteiger partial charge in [-0.25, -0.2) is 0 Å². The highest BCUT2D eigenvalue weighted by Crippen LogP contribution is 2.25. The SMILES string of the molecule is CC(N)C(OC1COC1)c1ccsc1. The smallest absolute Gasteiger partial charge is 0.105 e. The van der Waals surface area contributed by atoms with Gasteiger partial charge in [-0.3, -0.25) is 0 Å². The molecule has 1 fully saturated rings. The number of rotatable bonds is 4. The number of nitrogens with two attached hydrogens (primary N) is 1. The van der Waals surface area contributed by atoms with Crippen molar-refractivity contribution in [3.63, 3.8) is 0 Å². The fourth-order valence-electron chi connectivity index (χ4n) is 1.44. The molecule has 4 heteroatoms. The van der Waals surface area contributed by atoms with Gasteiger partial charge in [-0.05, 0) is 29.3 Å². The molecule has 0 bridgehead atoms. The molecule has 2 heterocycles. The van der Waals surface area contributed by atoms with Gasteiger partial charge in [-0.1, -0.05) is 0 Å². The van der Waals surface area contributed by atoms with Crippen molar-refractivity contribution >= 4 is 11.3 Å². The van der Waals surface area contributed by atoms with E-state index in [-0.39, 0.29) is 18.2 Å². The molecule has 0 amide bonds. The van der Waals surface area contributed by atoms with E-state index in [0.29, 0.717) is 13.2 Å². The lowest BCUT2D eigenvalue weighted by molar-refractivity contribution is -0.159. The standard InChI is InChI=1S/C10H15NO2S/c1-7(11)10(8-2-3-14-6-8)13-9-4-12-5-9/h2-3,6-7,9-10H,4-5,11H2,1H3. The Morgan fingerprint density at radius 3 is 2.86 bits per heavy atom. The lowest BCUT2D eigenvalue weighted by Gasteiger charge is -2.32. The van der Waals surface area contributed by atoms with E-state index in [1.165, 1.54) is 5.56 Å². The lowest BCUT2D eigenvalue weighted by Crippen LogP contribution is -2.40. The van der Waals surface area contributed by atoms with E-state index in [9.17, 15) is 0 Å². The van der Waals surface area contributed by atoms with Gasteiger partial charge in [0.05, 0.1) is 19.3 Å². The molecule has 1 aromatic rings. The molecular formula is C10H15NO2S. The number of thiophene rings is 1. The predicted octanol–water partition coefficient (Wildman–Crippen LogP) is 1.55. The monoisotopic (exact) mass is 213 g/mol. The average Bonchev–Trinajstić information content (AvgIpc) is 2.53. The van der Waals surface area contributed by atoms with Crippen LogP contribution in [-0.2, 0) is 9.47 Å². The third kappa shape index (κ3) is 2.15. The summed E-state index contributed by atoms with van der Waals surface area (Å²) in [7, 11) is 0. The molecule has 14 heavy (non-hydrogen) atoms. The maximum absolute atomic E-state index is 5.89. The summed E-state index contributed by atoms with van der Waals surface area (Å²) in [6.07, 6.45) is 0.237. The maximum atomic E-state index is 5.89. The summed E-state index contributed by atoms with van der Waals surface area (Å²) in [5.74, 6) is 0. The topological polar surface area (TPSA) is 44.5 Å². The molecule has 78 valence electrons.